The normalized spacial score (nSPS) is 11.6. The number of phosphoric acid groups is 1. The fourth-order valence-electron chi connectivity index (χ4n) is 0.881. The predicted octanol–water partition coefficient (Wildman–Crippen LogP) is 0.665. The van der Waals surface area contributed by atoms with E-state index in [0.717, 1.165) is 12.8 Å². The molecule has 0 amide bonds. The van der Waals surface area contributed by atoms with Gasteiger partial charge in [0, 0.05) is 6.08 Å². The van der Waals surface area contributed by atoms with Crippen LogP contribution in [0.5, 0.6) is 0 Å². The summed E-state index contributed by atoms with van der Waals surface area (Å²) in [5.41, 5.74) is 0. The lowest BCUT2D eigenvalue weighted by atomic mass is 10.3. The van der Waals surface area contributed by atoms with E-state index in [9.17, 15) is 4.79 Å². The van der Waals surface area contributed by atoms with Crippen molar-refractivity contribution in [3.8, 4) is 0 Å². The van der Waals surface area contributed by atoms with E-state index in [-0.39, 0.29) is 30.6 Å². The van der Waals surface area contributed by atoms with Crippen LogP contribution in [0.15, 0.2) is 12.7 Å². The second-order valence-electron chi connectivity index (χ2n) is 2.97. The lowest BCUT2D eigenvalue weighted by molar-refractivity contribution is -0.139. The summed E-state index contributed by atoms with van der Waals surface area (Å²) >= 11 is -0.226. The van der Waals surface area contributed by atoms with Gasteiger partial charge in [0.15, 0.2) is 0 Å². The van der Waals surface area contributed by atoms with Gasteiger partial charge in [0.05, 0.1) is 0 Å². The maximum absolute atomic E-state index is 10.7. The minimum absolute atomic E-state index is 0.213. The number of ether oxygens (including phenoxy) is 1. The van der Waals surface area contributed by atoms with Gasteiger partial charge in [-0.2, -0.15) is 5.05 Å². The minimum atomic E-state index is -4.64. The molecule has 0 aromatic carbocycles. The molecule has 0 saturated heterocycles. The molecule has 6 nitrogen and oxygen atoms in total. The van der Waals surface area contributed by atoms with Crippen molar-refractivity contribution in [2.45, 2.75) is 29.1 Å². The molecule has 0 heterocycles. The van der Waals surface area contributed by atoms with E-state index >= 15 is 0 Å². The highest BCUT2D eigenvalue weighted by Gasteiger charge is 2.10. The lowest BCUT2D eigenvalue weighted by Crippen LogP contribution is -2.21. The highest BCUT2D eigenvalue weighted by molar-refractivity contribution is 7.45. The van der Waals surface area contributed by atoms with E-state index in [1.54, 1.807) is 0 Å². The standard InChI is InChI=1S/C7H11O2.CH3.Mg.H3O4P/c1-3-5-6-9-7(8)4-2;;;1-5(2,3)4/h4,6H,2-3,5H2,1H3;1H3;;(H3,1,2,3,4). The SMILES string of the molecule is C=CC(=O)O[CH](CCC)[Mg][CH3].O=P(O)(O)O. The van der Waals surface area contributed by atoms with Gasteiger partial charge in [-0.1, -0.05) is 19.9 Å². The van der Waals surface area contributed by atoms with Crippen LogP contribution in [-0.2, 0) is 14.1 Å². The predicted molar refractivity (Wildman–Crippen MR) is 60.9 cm³/mol. The quantitative estimate of drug-likeness (QED) is 0.292. The van der Waals surface area contributed by atoms with E-state index < -0.39 is 7.82 Å². The Labute approximate surface area is 105 Å². The summed E-state index contributed by atoms with van der Waals surface area (Å²) in [6.45, 7) is 5.45. The van der Waals surface area contributed by atoms with Gasteiger partial charge in [0.1, 0.15) is 0 Å². The maximum atomic E-state index is 10.7. The second kappa shape index (κ2) is 10.3. The zero-order chi connectivity index (χ0) is 13.2. The van der Waals surface area contributed by atoms with Gasteiger partial charge in [-0.3, -0.25) is 0 Å². The van der Waals surface area contributed by atoms with Gasteiger partial charge in [-0.25, -0.2) is 9.36 Å². The fourth-order valence-corrected chi connectivity index (χ4v) is 2.03. The van der Waals surface area contributed by atoms with Crippen molar-refractivity contribution in [2.24, 2.45) is 0 Å². The molecule has 0 fully saturated rings. The molecule has 0 spiro atoms. The highest BCUT2D eigenvalue weighted by Crippen LogP contribution is 2.25. The number of esters is 1. The third-order valence-corrected chi connectivity index (χ3v) is 3.00. The summed E-state index contributed by atoms with van der Waals surface area (Å²) in [5, 5.41) is 2.15. The molecule has 0 rings (SSSR count). The Morgan fingerprint density at radius 2 is 2.00 bits per heavy atom. The molecular weight excluding hydrogens is 247 g/mol. The second-order valence-corrected chi connectivity index (χ2v) is 5.73. The Balaban J connectivity index is 0. The summed E-state index contributed by atoms with van der Waals surface area (Å²) < 4.78 is 14.2. The first-order valence-corrected chi connectivity index (χ1v) is 8.65. The maximum Gasteiger partial charge on any atom is 0.466 e. The minimum Gasteiger partial charge on any atom is -0.489 e. The molecule has 0 radical (unpaired) electrons. The van der Waals surface area contributed by atoms with Crippen LogP contribution in [-0.4, -0.2) is 45.2 Å². The van der Waals surface area contributed by atoms with E-state index in [4.69, 9.17) is 24.0 Å². The van der Waals surface area contributed by atoms with Gasteiger partial charge in [0.25, 0.3) is 0 Å². The number of carbonyl (C=O) groups is 1. The summed E-state index contributed by atoms with van der Waals surface area (Å²) in [5.74, 6) is -0.280. The molecule has 0 aromatic rings. The van der Waals surface area contributed by atoms with Crippen LogP contribution < -0.4 is 0 Å². The average Bonchev–Trinajstić information content (AvgIpc) is 2.14. The largest absolute Gasteiger partial charge is 0.489 e. The van der Waals surface area contributed by atoms with Crippen molar-refractivity contribution >= 4 is 34.2 Å². The molecule has 1 unspecified atom stereocenters. The van der Waals surface area contributed by atoms with Crippen molar-refractivity contribution in [2.75, 3.05) is 0 Å². The van der Waals surface area contributed by atoms with Crippen LogP contribution in [0.3, 0.4) is 0 Å². The molecule has 3 N–H and O–H groups in total. The first kappa shape index (κ1) is 18.5. The third-order valence-electron chi connectivity index (χ3n) is 1.52. The summed E-state index contributed by atoms with van der Waals surface area (Å²) in [4.78, 5) is 32.3. The molecule has 0 aliphatic heterocycles. The van der Waals surface area contributed by atoms with Crippen LogP contribution in [0.25, 0.3) is 0 Å². The van der Waals surface area contributed by atoms with Crippen molar-refractivity contribution in [1.82, 2.24) is 0 Å². The molecular formula is C8H17MgO6P. The van der Waals surface area contributed by atoms with Crippen LogP contribution >= 0.6 is 7.82 Å². The van der Waals surface area contributed by atoms with E-state index in [1.807, 2.05) is 0 Å². The third kappa shape index (κ3) is 19.6. The Hall–Kier alpha value is 0.0862. The number of hydrogen-bond donors (Lipinski definition) is 3. The average molecular weight is 264 g/mol. The highest BCUT2D eigenvalue weighted by atomic mass is 31.2. The molecule has 0 aliphatic carbocycles. The Kier molecular flexibility index (Phi) is 11.8. The summed E-state index contributed by atoms with van der Waals surface area (Å²) in [7, 11) is -4.64. The van der Waals surface area contributed by atoms with E-state index in [2.05, 4.69) is 18.6 Å². The van der Waals surface area contributed by atoms with Crippen LogP contribution in [0, 0.1) is 0 Å². The van der Waals surface area contributed by atoms with Gasteiger partial charge < -0.3 is 19.4 Å². The van der Waals surface area contributed by atoms with Gasteiger partial charge in [0.2, 0.25) is 0 Å². The number of rotatable bonds is 5. The number of hydrogen-bond acceptors (Lipinski definition) is 3. The molecule has 0 aliphatic rings. The molecule has 1 atom stereocenters. The van der Waals surface area contributed by atoms with Crippen molar-refractivity contribution in [3.05, 3.63) is 12.7 Å². The molecule has 16 heavy (non-hydrogen) atoms. The van der Waals surface area contributed by atoms with Crippen molar-refractivity contribution < 1.29 is 28.8 Å². The zero-order valence-electron chi connectivity index (χ0n) is 9.50. The monoisotopic (exact) mass is 264 g/mol. The van der Waals surface area contributed by atoms with Gasteiger partial charge >= 0.3 is 34.2 Å². The molecule has 0 bridgehead atoms. The zero-order valence-corrected chi connectivity index (χ0v) is 11.8. The Morgan fingerprint density at radius 3 is 2.25 bits per heavy atom. The first-order chi connectivity index (χ1) is 7.24. The molecule has 92 valence electrons. The Morgan fingerprint density at radius 1 is 1.56 bits per heavy atom. The fraction of sp³-hybridized carbons (Fsp3) is 0.625. The smallest absolute Gasteiger partial charge is 0.466 e. The topological polar surface area (TPSA) is 104 Å². The Bertz CT molecular complexity index is 243. The van der Waals surface area contributed by atoms with E-state index in [0.29, 0.717) is 0 Å². The summed E-state index contributed by atoms with van der Waals surface area (Å²) in [6, 6.07) is 0. The van der Waals surface area contributed by atoms with Crippen molar-refractivity contribution in [3.63, 3.8) is 0 Å². The van der Waals surface area contributed by atoms with Crippen LogP contribution in [0.2, 0.25) is 5.05 Å². The van der Waals surface area contributed by atoms with Gasteiger partial charge in [-0.05, 0) is 10.7 Å². The van der Waals surface area contributed by atoms with Crippen LogP contribution in [0.1, 0.15) is 19.8 Å². The van der Waals surface area contributed by atoms with E-state index in [1.165, 1.54) is 6.08 Å². The van der Waals surface area contributed by atoms with Crippen LogP contribution in [0.4, 0.5) is 0 Å². The van der Waals surface area contributed by atoms with Gasteiger partial charge in [-0.15, -0.1) is 0 Å². The number of carbonyl (C=O) groups excluding carboxylic acids is 1. The molecule has 8 heteroatoms. The van der Waals surface area contributed by atoms with Crippen molar-refractivity contribution in [1.29, 1.82) is 0 Å². The first-order valence-electron chi connectivity index (χ1n) is 4.85. The molecule has 0 saturated carbocycles. The molecule has 0 aromatic heterocycles. The summed E-state index contributed by atoms with van der Waals surface area (Å²) in [6.07, 6.45) is 3.31. The lowest BCUT2D eigenvalue weighted by Gasteiger charge is -2.13.